The average molecular weight is 1360 g/mol. The lowest BCUT2D eigenvalue weighted by atomic mass is 9.85. The van der Waals surface area contributed by atoms with Crippen molar-refractivity contribution < 1.29 is 71.3 Å². The minimum Gasteiger partial charge on any atom is -0.391 e. The number of ether oxygens (including phenoxy) is 1. The third kappa shape index (κ3) is 18.3. The number of aliphatic hydroxyl groups is 1. The number of amides is 8. The second-order valence-electron chi connectivity index (χ2n) is 26.8. The molecule has 3 saturated heterocycles. The zero-order chi connectivity index (χ0) is 68.5. The molecule has 0 unspecified atom stereocenters. The highest BCUT2D eigenvalue weighted by Crippen LogP contribution is 2.59. The SMILES string of the molecule is Cc1ncsc1-c1ccc([C@H](C)NC(=O)[C@@H]2C[C@@H](O)CN2C(=O)[C@@H](NC(=O)CCCCCCCCCNC(=O)CC(=O)N2CCN(C(=O)[C@@H](NC(=O)c3cc4cc(C(F)(F)P(=O)(O)O)ccc4s3)C(C)(C)C)[C@H](C(=O)N3CCO[C@H](c4ccccc4)C3)C2)C(C)(C)C)cc1. The van der Waals surface area contributed by atoms with Gasteiger partial charge in [0.2, 0.25) is 41.4 Å². The van der Waals surface area contributed by atoms with Crippen molar-refractivity contribution in [2.24, 2.45) is 10.8 Å². The molecule has 0 saturated carbocycles. The molecule has 8 amide bonds. The van der Waals surface area contributed by atoms with Gasteiger partial charge in [-0.3, -0.25) is 42.9 Å². The number of alkyl halides is 2. The van der Waals surface area contributed by atoms with E-state index in [0.29, 0.717) is 24.1 Å². The van der Waals surface area contributed by atoms with Crippen molar-refractivity contribution in [2.75, 3.05) is 52.4 Å². The van der Waals surface area contributed by atoms with Crippen molar-refractivity contribution in [3.8, 4) is 10.4 Å². The van der Waals surface area contributed by atoms with Crippen LogP contribution < -0.4 is 21.3 Å². The van der Waals surface area contributed by atoms with Gasteiger partial charge in [0.1, 0.15) is 36.7 Å². The third-order valence-electron chi connectivity index (χ3n) is 17.5. The Kier molecular flexibility index (Phi) is 24.2. The molecule has 27 heteroatoms. The first kappa shape index (κ1) is 72.8. The van der Waals surface area contributed by atoms with Crippen molar-refractivity contribution in [3.63, 3.8) is 0 Å². The number of aryl methyl sites for hydroxylation is 1. The summed E-state index contributed by atoms with van der Waals surface area (Å²) in [5.74, 6) is -3.95. The number of β-amino-alcohol motifs (C(OH)–C–C–N with tert-alkyl or cyclic N) is 1. The van der Waals surface area contributed by atoms with E-state index in [2.05, 4.69) is 26.3 Å². The molecule has 0 spiro atoms. The van der Waals surface area contributed by atoms with Crippen molar-refractivity contribution in [1.29, 1.82) is 0 Å². The van der Waals surface area contributed by atoms with E-state index in [9.17, 15) is 66.6 Å². The van der Waals surface area contributed by atoms with E-state index in [-0.39, 0.29) is 86.8 Å². The largest absolute Gasteiger partial charge is 0.399 e. The van der Waals surface area contributed by atoms with Gasteiger partial charge in [0.05, 0.1) is 52.8 Å². The molecular formula is C67H88F2N9O13PS2. The van der Waals surface area contributed by atoms with Gasteiger partial charge < -0.3 is 60.5 Å². The Hall–Kier alpha value is -7.06. The quantitative estimate of drug-likeness (QED) is 0.0164. The van der Waals surface area contributed by atoms with E-state index in [1.54, 1.807) is 42.5 Å². The monoisotopic (exact) mass is 1360 g/mol. The number of likely N-dealkylation sites (tertiary alicyclic amines) is 1. The predicted octanol–water partition coefficient (Wildman–Crippen LogP) is 8.34. The first-order valence-corrected chi connectivity index (χ1v) is 35.3. The molecule has 3 aliphatic rings. The highest BCUT2D eigenvalue weighted by Gasteiger charge is 2.51. The van der Waals surface area contributed by atoms with Gasteiger partial charge in [0.25, 0.3) is 5.91 Å². The standard InChI is InChI=1S/C67H88F2N9O13PS2/c1-41(43-22-24-45(25-23-43)57-42(2)71-40-93-57)72-60(83)49-35-48(79)37-78(49)64(87)58(65(3,4)5)73-54(80)21-17-12-10-9-11-13-18-28-70-55(81)36-56(82)75-29-30-77(50(38-75)62(85)76-31-32-91-51(39-76)44-19-15-14-16-20-44)63(86)59(66(6,7)8)74-61(84)53-34-46-33-47(26-27-52(46)94-53)67(68,69)92(88,89)90/h14-16,19-20,22-27,33-34,40-41,48-51,58-59,79H,9-13,17-18,21,28-32,35-39H2,1-8H3,(H,70,81)(H,72,83)(H,73,80)(H,74,84)(H2,88,89,90)/t41-,48+,49-,50-,51-,58+,59+/m0/s1. The van der Waals surface area contributed by atoms with Crippen LogP contribution in [0.1, 0.15) is 157 Å². The van der Waals surface area contributed by atoms with Crippen LogP contribution in [-0.2, 0) is 48.5 Å². The van der Waals surface area contributed by atoms with Gasteiger partial charge in [-0.25, -0.2) is 4.98 Å². The van der Waals surface area contributed by atoms with Crippen LogP contribution in [0.4, 0.5) is 8.78 Å². The number of thiophene rings is 1. The molecule has 3 aromatic carbocycles. The van der Waals surface area contributed by atoms with E-state index < -0.39 is 108 Å². The molecule has 5 aromatic rings. The van der Waals surface area contributed by atoms with E-state index >= 15 is 0 Å². The fourth-order valence-electron chi connectivity index (χ4n) is 12.0. The van der Waals surface area contributed by atoms with E-state index in [1.807, 2.05) is 89.2 Å². The van der Waals surface area contributed by atoms with Crippen molar-refractivity contribution in [2.45, 2.75) is 168 Å². The van der Waals surface area contributed by atoms with Crippen LogP contribution in [0, 0.1) is 17.8 Å². The third-order valence-corrected chi connectivity index (χ3v) is 20.5. The molecule has 3 aliphatic heterocycles. The highest BCUT2D eigenvalue weighted by atomic mass is 32.1. The Morgan fingerprint density at radius 2 is 1.38 bits per heavy atom. The average Bonchev–Trinajstić information content (AvgIpc) is 1.31. The number of nitrogens with zero attached hydrogens (tertiary/aromatic N) is 5. The van der Waals surface area contributed by atoms with Crippen molar-refractivity contribution in [3.05, 3.63) is 112 Å². The first-order chi connectivity index (χ1) is 44.3. The van der Waals surface area contributed by atoms with Crippen LogP contribution >= 0.6 is 30.3 Å². The lowest BCUT2D eigenvalue weighted by Crippen LogP contribution is -2.66. The number of unbranched alkanes of at least 4 members (excludes halogenated alkanes) is 6. The summed E-state index contributed by atoms with van der Waals surface area (Å²) in [6.45, 7) is 15.0. The normalized spacial score (nSPS) is 19.1. The summed E-state index contributed by atoms with van der Waals surface area (Å²) in [6, 6.07) is 16.8. The molecule has 0 radical (unpaired) electrons. The number of halogens is 2. The molecule has 7 atom stereocenters. The number of piperazine rings is 1. The number of thiazole rings is 1. The van der Waals surface area contributed by atoms with Crippen LogP contribution in [0.15, 0.2) is 84.4 Å². The van der Waals surface area contributed by atoms with Crippen molar-refractivity contribution in [1.82, 2.24) is 45.9 Å². The number of morpholine rings is 1. The summed E-state index contributed by atoms with van der Waals surface area (Å²) in [5, 5.41) is 22.4. The van der Waals surface area contributed by atoms with Gasteiger partial charge in [0.15, 0.2) is 0 Å². The summed E-state index contributed by atoms with van der Waals surface area (Å²) in [6.07, 6.45) is 3.81. The highest BCUT2D eigenvalue weighted by molar-refractivity contribution is 7.52. The Morgan fingerprint density at radius 1 is 0.734 bits per heavy atom. The molecule has 3 fully saturated rings. The maximum absolute atomic E-state index is 14.9. The Morgan fingerprint density at radius 3 is 2.03 bits per heavy atom. The van der Waals surface area contributed by atoms with E-state index in [0.717, 1.165) is 82.8 Å². The first-order valence-electron chi connectivity index (χ1n) is 32.0. The smallest absolute Gasteiger partial charge is 0.391 e. The number of benzene rings is 3. The van der Waals surface area contributed by atoms with Crippen LogP contribution in [0.2, 0.25) is 0 Å². The van der Waals surface area contributed by atoms with Gasteiger partial charge in [-0.05, 0) is 77.8 Å². The van der Waals surface area contributed by atoms with Gasteiger partial charge in [-0.15, -0.1) is 22.7 Å². The molecule has 7 N–H and O–H groups in total. The molecule has 510 valence electrons. The molecule has 2 aromatic heterocycles. The topological polar surface area (TPSA) is 298 Å². The summed E-state index contributed by atoms with van der Waals surface area (Å²) in [4.78, 5) is 142. The fraction of sp³-hybridized carbons (Fsp3) is 0.537. The van der Waals surface area contributed by atoms with E-state index in [1.165, 1.54) is 26.8 Å². The number of rotatable bonds is 25. The van der Waals surface area contributed by atoms with Crippen LogP contribution in [0.5, 0.6) is 0 Å². The second kappa shape index (κ2) is 31.2. The zero-order valence-electron chi connectivity index (χ0n) is 54.5. The predicted molar refractivity (Wildman–Crippen MR) is 353 cm³/mol. The summed E-state index contributed by atoms with van der Waals surface area (Å²) < 4.78 is 47.3. The van der Waals surface area contributed by atoms with Crippen LogP contribution in [0.3, 0.4) is 0 Å². The van der Waals surface area contributed by atoms with Crippen molar-refractivity contribution >= 4 is 87.6 Å². The number of carbonyl (C=O) groups excluding carboxylic acids is 8. The number of hydrogen-bond donors (Lipinski definition) is 7. The minimum absolute atomic E-state index is 0.0269. The fourth-order valence-corrected chi connectivity index (χ4v) is 14.3. The summed E-state index contributed by atoms with van der Waals surface area (Å²) in [7, 11) is -5.88. The van der Waals surface area contributed by atoms with Gasteiger partial charge in [-0.2, -0.15) is 8.78 Å². The molecule has 5 heterocycles. The maximum Gasteiger partial charge on any atom is 0.399 e. The number of aromatic nitrogens is 1. The van der Waals surface area contributed by atoms with Gasteiger partial charge in [-0.1, -0.05) is 134 Å². The van der Waals surface area contributed by atoms with Gasteiger partial charge in [0, 0.05) is 55.8 Å². The molecule has 94 heavy (non-hydrogen) atoms. The lowest BCUT2D eigenvalue weighted by Gasteiger charge is -2.45. The van der Waals surface area contributed by atoms with Gasteiger partial charge >= 0.3 is 13.3 Å². The molecule has 8 rings (SSSR count). The molecule has 0 aliphatic carbocycles. The number of nitrogens with one attached hydrogen (secondary N) is 4. The van der Waals surface area contributed by atoms with Crippen LogP contribution in [-0.4, -0.2) is 169 Å². The van der Waals surface area contributed by atoms with E-state index in [4.69, 9.17) is 4.74 Å². The Labute approximate surface area is 555 Å². The molecular weight excluding hydrogens is 1270 g/mol. The Bertz CT molecular complexity index is 3570. The number of aliphatic hydroxyl groups excluding tert-OH is 1. The second-order valence-corrected chi connectivity index (χ2v) is 30.4. The number of carbonyl (C=O) groups is 8. The number of fused-ring (bicyclic) bond motifs is 1. The minimum atomic E-state index is -5.88. The molecule has 22 nitrogen and oxygen atoms in total. The van der Waals surface area contributed by atoms with Crippen LogP contribution in [0.25, 0.3) is 20.5 Å². The summed E-state index contributed by atoms with van der Waals surface area (Å²) in [5.41, 5.74) is -1.58. The summed E-state index contributed by atoms with van der Waals surface area (Å²) >= 11 is 2.48. The maximum atomic E-state index is 14.9. The lowest BCUT2D eigenvalue weighted by molar-refractivity contribution is -0.158. The zero-order valence-corrected chi connectivity index (χ0v) is 57.1. The molecule has 0 bridgehead atoms. The number of hydrogen-bond acceptors (Lipinski definition) is 14. The Balaban J connectivity index is 0.782.